The largest absolute Gasteiger partial charge is 0.427 e. The molecule has 0 atom stereocenters. The van der Waals surface area contributed by atoms with E-state index in [1.54, 1.807) is 25.1 Å². The summed E-state index contributed by atoms with van der Waals surface area (Å²) in [5.74, 6) is 0.161. The molecule has 0 bridgehead atoms. The molecule has 2 aliphatic rings. The fourth-order valence-electron chi connectivity index (χ4n) is 3.90. The molecule has 2 aromatic rings. The monoisotopic (exact) mass is 381 g/mol. The van der Waals surface area contributed by atoms with Crippen LogP contribution >= 0.6 is 0 Å². The topological polar surface area (TPSA) is 100 Å². The molecule has 1 fully saturated rings. The van der Waals surface area contributed by atoms with E-state index >= 15 is 0 Å². The maximum atomic E-state index is 12.7. The summed E-state index contributed by atoms with van der Waals surface area (Å²) in [6.45, 7) is 4.14. The maximum absolute atomic E-state index is 12.7. The number of anilines is 1. The molecule has 0 unspecified atom stereocenters. The van der Waals surface area contributed by atoms with Gasteiger partial charge < -0.3 is 20.4 Å². The van der Waals surface area contributed by atoms with Crippen molar-refractivity contribution in [3.05, 3.63) is 62.7 Å². The van der Waals surface area contributed by atoms with E-state index in [4.69, 9.17) is 4.42 Å². The van der Waals surface area contributed by atoms with Gasteiger partial charge in [0.15, 0.2) is 0 Å². The van der Waals surface area contributed by atoms with Crippen LogP contribution in [0.5, 0.6) is 0 Å². The molecule has 0 aliphatic carbocycles. The Morgan fingerprint density at radius 1 is 1.14 bits per heavy atom. The molecule has 0 radical (unpaired) electrons. The Balaban J connectivity index is 1.57. The third-order valence-electron chi connectivity index (χ3n) is 5.43. The minimum atomic E-state index is -0.623. The van der Waals surface area contributed by atoms with Crippen molar-refractivity contribution in [3.63, 3.8) is 0 Å². The first kappa shape index (κ1) is 18.4. The number of carbonyl (C=O) groups excluding carboxylic acids is 2. The zero-order valence-corrected chi connectivity index (χ0v) is 15.8. The SMILES string of the molecule is Cc1cc(C2CCNCC2)oc(=O)c1C(=O)Nc1ccc2c(c1)C(=O)NCC2. The van der Waals surface area contributed by atoms with Crippen molar-refractivity contribution in [1.29, 1.82) is 0 Å². The third kappa shape index (κ3) is 3.57. The zero-order valence-electron chi connectivity index (χ0n) is 15.8. The molecule has 1 saturated heterocycles. The average Bonchev–Trinajstić information content (AvgIpc) is 2.69. The van der Waals surface area contributed by atoms with Crippen LogP contribution in [0, 0.1) is 6.92 Å². The van der Waals surface area contributed by atoms with Crippen LogP contribution in [0.2, 0.25) is 0 Å². The van der Waals surface area contributed by atoms with Crippen molar-refractivity contribution in [2.75, 3.05) is 25.0 Å². The van der Waals surface area contributed by atoms with E-state index in [-0.39, 0.29) is 17.4 Å². The first-order chi connectivity index (χ1) is 13.5. The van der Waals surface area contributed by atoms with E-state index in [1.807, 2.05) is 6.07 Å². The summed E-state index contributed by atoms with van der Waals surface area (Å²) in [5, 5.41) is 8.79. The van der Waals surface area contributed by atoms with E-state index < -0.39 is 11.5 Å². The van der Waals surface area contributed by atoms with Gasteiger partial charge in [-0.2, -0.15) is 0 Å². The molecule has 1 aromatic carbocycles. The van der Waals surface area contributed by atoms with Crippen LogP contribution < -0.4 is 21.6 Å². The fourth-order valence-corrected chi connectivity index (χ4v) is 3.90. The summed E-state index contributed by atoms with van der Waals surface area (Å²) in [6, 6.07) is 7.02. The van der Waals surface area contributed by atoms with E-state index in [9.17, 15) is 14.4 Å². The van der Waals surface area contributed by atoms with Gasteiger partial charge in [0.05, 0.1) is 0 Å². The predicted molar refractivity (Wildman–Crippen MR) is 105 cm³/mol. The molecule has 0 saturated carbocycles. The normalized spacial score (nSPS) is 17.0. The molecule has 4 rings (SSSR count). The summed E-state index contributed by atoms with van der Waals surface area (Å²) < 4.78 is 5.49. The van der Waals surface area contributed by atoms with Gasteiger partial charge in [-0.15, -0.1) is 0 Å². The van der Waals surface area contributed by atoms with Crippen LogP contribution in [0.25, 0.3) is 0 Å². The van der Waals surface area contributed by atoms with Crippen LogP contribution in [-0.2, 0) is 6.42 Å². The van der Waals surface area contributed by atoms with Gasteiger partial charge >= 0.3 is 5.63 Å². The lowest BCUT2D eigenvalue weighted by atomic mass is 9.94. The van der Waals surface area contributed by atoms with Crippen LogP contribution in [0.4, 0.5) is 5.69 Å². The number of nitrogens with one attached hydrogen (secondary N) is 3. The highest BCUT2D eigenvalue weighted by molar-refractivity contribution is 6.06. The van der Waals surface area contributed by atoms with Gasteiger partial charge in [0, 0.05) is 23.7 Å². The number of amides is 2. The number of hydrogen-bond acceptors (Lipinski definition) is 5. The van der Waals surface area contributed by atoms with Gasteiger partial charge in [-0.25, -0.2) is 4.79 Å². The standard InChI is InChI=1S/C21H23N3O4/c1-12-10-17(14-4-7-22-8-5-14)28-21(27)18(12)20(26)24-15-3-2-13-6-9-23-19(25)16(13)11-15/h2-3,10-11,14,22H,4-9H2,1H3,(H,23,25)(H,24,26). The lowest BCUT2D eigenvalue weighted by molar-refractivity contribution is 0.0944. The van der Waals surface area contributed by atoms with Gasteiger partial charge in [-0.1, -0.05) is 6.07 Å². The number of piperidine rings is 1. The number of benzene rings is 1. The van der Waals surface area contributed by atoms with E-state index in [0.717, 1.165) is 37.9 Å². The highest BCUT2D eigenvalue weighted by Crippen LogP contribution is 2.26. The van der Waals surface area contributed by atoms with E-state index in [0.29, 0.717) is 29.1 Å². The number of hydrogen-bond donors (Lipinski definition) is 3. The molecule has 28 heavy (non-hydrogen) atoms. The minimum Gasteiger partial charge on any atom is -0.427 e. The summed E-state index contributed by atoms with van der Waals surface area (Å²) in [7, 11) is 0. The van der Waals surface area contributed by atoms with Gasteiger partial charge in [0.25, 0.3) is 11.8 Å². The fraction of sp³-hybridized carbons (Fsp3) is 0.381. The Morgan fingerprint density at radius 2 is 1.93 bits per heavy atom. The molecule has 0 spiro atoms. The van der Waals surface area contributed by atoms with Gasteiger partial charge in [0.1, 0.15) is 11.3 Å². The van der Waals surface area contributed by atoms with E-state index in [2.05, 4.69) is 16.0 Å². The molecule has 3 N–H and O–H groups in total. The van der Waals surface area contributed by atoms with Gasteiger partial charge in [0.2, 0.25) is 0 Å². The number of fused-ring (bicyclic) bond motifs is 1. The zero-order chi connectivity index (χ0) is 19.7. The Bertz CT molecular complexity index is 990. The van der Waals surface area contributed by atoms with Crippen LogP contribution in [0.15, 0.2) is 33.5 Å². The highest BCUT2D eigenvalue weighted by Gasteiger charge is 2.23. The third-order valence-corrected chi connectivity index (χ3v) is 5.43. The lowest BCUT2D eigenvalue weighted by Gasteiger charge is -2.22. The molecule has 2 aliphatic heterocycles. The highest BCUT2D eigenvalue weighted by atomic mass is 16.4. The van der Waals surface area contributed by atoms with E-state index in [1.165, 1.54) is 0 Å². The van der Waals surface area contributed by atoms with Crippen molar-refractivity contribution in [2.24, 2.45) is 0 Å². The molecular weight excluding hydrogens is 358 g/mol. The second kappa shape index (κ2) is 7.59. The molecular formula is C21H23N3O4. The molecule has 1 aromatic heterocycles. The molecule has 2 amide bonds. The Labute approximate surface area is 162 Å². The Morgan fingerprint density at radius 3 is 2.68 bits per heavy atom. The summed E-state index contributed by atoms with van der Waals surface area (Å²) in [6.07, 6.45) is 2.58. The van der Waals surface area contributed by atoms with Crippen LogP contribution in [-0.4, -0.2) is 31.4 Å². The van der Waals surface area contributed by atoms with Crippen molar-refractivity contribution in [1.82, 2.24) is 10.6 Å². The van der Waals surface area contributed by atoms with Crippen LogP contribution in [0.3, 0.4) is 0 Å². The number of carbonyl (C=O) groups is 2. The van der Waals surface area contributed by atoms with Crippen molar-refractivity contribution in [3.8, 4) is 0 Å². The average molecular weight is 381 g/mol. The van der Waals surface area contributed by atoms with Crippen molar-refractivity contribution < 1.29 is 14.0 Å². The van der Waals surface area contributed by atoms with Crippen molar-refractivity contribution >= 4 is 17.5 Å². The minimum absolute atomic E-state index is 0.000133. The Hall–Kier alpha value is -2.93. The summed E-state index contributed by atoms with van der Waals surface area (Å²) >= 11 is 0. The second-order valence-corrected chi connectivity index (χ2v) is 7.35. The molecule has 7 nitrogen and oxygen atoms in total. The molecule has 3 heterocycles. The first-order valence-electron chi connectivity index (χ1n) is 9.61. The Kier molecular flexibility index (Phi) is 5.00. The number of aryl methyl sites for hydroxylation is 1. The predicted octanol–water partition coefficient (Wildman–Crippen LogP) is 1.95. The number of rotatable bonds is 3. The van der Waals surface area contributed by atoms with Crippen LogP contribution in [0.1, 0.15) is 56.4 Å². The second-order valence-electron chi connectivity index (χ2n) is 7.35. The molecule has 7 heteroatoms. The summed E-state index contributed by atoms with van der Waals surface area (Å²) in [4.78, 5) is 37.2. The molecule has 146 valence electrons. The van der Waals surface area contributed by atoms with Gasteiger partial charge in [-0.3, -0.25) is 9.59 Å². The summed E-state index contributed by atoms with van der Waals surface area (Å²) in [5.41, 5.74) is 1.94. The maximum Gasteiger partial charge on any atom is 0.349 e. The first-order valence-corrected chi connectivity index (χ1v) is 9.61. The van der Waals surface area contributed by atoms with Crippen molar-refractivity contribution in [2.45, 2.75) is 32.1 Å². The smallest absolute Gasteiger partial charge is 0.349 e. The lowest BCUT2D eigenvalue weighted by Crippen LogP contribution is -2.32. The quantitative estimate of drug-likeness (QED) is 0.755. The van der Waals surface area contributed by atoms with Gasteiger partial charge in [-0.05, 0) is 68.6 Å².